The van der Waals surface area contributed by atoms with E-state index in [1.807, 2.05) is 30.3 Å². The van der Waals surface area contributed by atoms with E-state index in [4.69, 9.17) is 9.47 Å². The molecule has 1 amide bonds. The number of rotatable bonds is 10. The van der Waals surface area contributed by atoms with E-state index in [1.165, 1.54) is 13.3 Å². The lowest BCUT2D eigenvalue weighted by Crippen LogP contribution is -2.40. The topological polar surface area (TPSA) is 97.3 Å². The van der Waals surface area contributed by atoms with E-state index in [0.717, 1.165) is 16.1 Å². The average Bonchev–Trinajstić information content (AvgIpc) is 2.70. The Hall–Kier alpha value is -2.91. The maximum Gasteiger partial charge on any atom is 0.255 e. The van der Waals surface area contributed by atoms with Gasteiger partial charge in [0.2, 0.25) is 10.0 Å². The lowest BCUT2D eigenvalue weighted by Gasteiger charge is -2.18. The minimum absolute atomic E-state index is 0.198. The molecule has 0 aliphatic rings. The summed E-state index contributed by atoms with van der Waals surface area (Å²) in [5.74, 6) is 0.633. The molecule has 0 aliphatic carbocycles. The van der Waals surface area contributed by atoms with Crippen LogP contribution in [0.15, 0.2) is 53.6 Å². The molecule has 0 spiro atoms. The molecule has 9 heteroatoms. The fraction of sp³-hybridized carbons (Fsp3) is 0.300. The monoisotopic (exact) mass is 419 g/mol. The molecule has 0 aromatic heterocycles. The first-order valence-corrected chi connectivity index (χ1v) is 10.7. The van der Waals surface area contributed by atoms with Crippen LogP contribution in [-0.4, -0.2) is 58.4 Å². The Morgan fingerprint density at radius 2 is 1.86 bits per heavy atom. The summed E-state index contributed by atoms with van der Waals surface area (Å²) in [6, 6.07) is 14.6. The van der Waals surface area contributed by atoms with Crippen LogP contribution in [0.2, 0.25) is 0 Å². The van der Waals surface area contributed by atoms with Gasteiger partial charge in [-0.05, 0) is 30.2 Å². The van der Waals surface area contributed by atoms with Crippen molar-refractivity contribution in [1.82, 2.24) is 9.73 Å². The summed E-state index contributed by atoms with van der Waals surface area (Å²) < 4.78 is 35.5. The molecule has 0 bridgehead atoms. The summed E-state index contributed by atoms with van der Waals surface area (Å²) in [6.45, 7) is -0.123. The number of ether oxygens (including phenoxy) is 2. The number of hydrazone groups is 1. The highest BCUT2D eigenvalue weighted by Gasteiger charge is 2.19. The number of hydrogen-bond acceptors (Lipinski definition) is 6. The highest BCUT2D eigenvalue weighted by Crippen LogP contribution is 2.22. The Kier molecular flexibility index (Phi) is 8.17. The van der Waals surface area contributed by atoms with Crippen LogP contribution in [0.25, 0.3) is 0 Å². The number of hydrogen-bond donors (Lipinski definition) is 1. The van der Waals surface area contributed by atoms with Gasteiger partial charge in [-0.3, -0.25) is 4.79 Å². The van der Waals surface area contributed by atoms with Crippen LogP contribution < -0.4 is 14.9 Å². The molecule has 0 saturated heterocycles. The zero-order valence-corrected chi connectivity index (χ0v) is 17.5. The highest BCUT2D eigenvalue weighted by molar-refractivity contribution is 7.88. The third-order valence-corrected chi connectivity index (χ3v) is 5.36. The van der Waals surface area contributed by atoms with Crippen LogP contribution in [0.1, 0.15) is 11.1 Å². The van der Waals surface area contributed by atoms with Crippen molar-refractivity contribution in [3.8, 4) is 11.5 Å². The van der Waals surface area contributed by atoms with E-state index < -0.39 is 15.9 Å². The zero-order chi connectivity index (χ0) is 21.3. The van der Waals surface area contributed by atoms with Crippen molar-refractivity contribution in [3.63, 3.8) is 0 Å². The van der Waals surface area contributed by atoms with Crippen LogP contribution >= 0.6 is 0 Å². The highest BCUT2D eigenvalue weighted by atomic mass is 32.2. The van der Waals surface area contributed by atoms with E-state index in [0.29, 0.717) is 23.5 Å². The average molecular weight is 420 g/mol. The number of methoxy groups -OCH3 is 2. The Balaban J connectivity index is 1.98. The molecule has 1 N–H and O–H groups in total. The van der Waals surface area contributed by atoms with E-state index in [2.05, 4.69) is 10.5 Å². The molecule has 2 rings (SSSR count). The second kappa shape index (κ2) is 10.6. The van der Waals surface area contributed by atoms with Gasteiger partial charge in [-0.25, -0.2) is 13.8 Å². The molecule has 0 heterocycles. The molecule has 0 aliphatic heterocycles. The predicted octanol–water partition coefficient (Wildman–Crippen LogP) is 1.66. The number of sulfonamides is 1. The van der Waals surface area contributed by atoms with Gasteiger partial charge in [-0.15, -0.1) is 0 Å². The maximum absolute atomic E-state index is 12.2. The molecule has 8 nitrogen and oxygen atoms in total. The van der Waals surface area contributed by atoms with Gasteiger partial charge in [0.05, 0.1) is 33.2 Å². The minimum atomic E-state index is -3.54. The lowest BCUT2D eigenvalue weighted by molar-refractivity contribution is -0.121. The number of carbonyl (C=O) groups is 1. The van der Waals surface area contributed by atoms with Gasteiger partial charge in [-0.2, -0.15) is 9.41 Å². The van der Waals surface area contributed by atoms with Gasteiger partial charge in [0.15, 0.2) is 0 Å². The standard InChI is InChI=1S/C20H25N3O5S/c1-27-18-9-10-19(28-2)17(13-18)14-21-22-20(24)15-23(29(3,25)26)12-11-16-7-5-4-6-8-16/h4-10,13-14H,11-12,15H2,1-3H3,(H,22,24). The van der Waals surface area contributed by atoms with Crippen LogP contribution in [-0.2, 0) is 21.2 Å². The summed E-state index contributed by atoms with van der Waals surface area (Å²) >= 11 is 0. The molecule has 2 aromatic rings. The molecule has 29 heavy (non-hydrogen) atoms. The molecule has 0 atom stereocenters. The van der Waals surface area contributed by atoms with Crippen molar-refractivity contribution in [3.05, 3.63) is 59.7 Å². The third-order valence-electron chi connectivity index (χ3n) is 4.11. The van der Waals surface area contributed by atoms with Gasteiger partial charge in [0, 0.05) is 12.1 Å². The Labute approximate surface area is 171 Å². The molecule has 0 saturated carbocycles. The van der Waals surface area contributed by atoms with Crippen LogP contribution in [0.5, 0.6) is 11.5 Å². The van der Waals surface area contributed by atoms with E-state index >= 15 is 0 Å². The van der Waals surface area contributed by atoms with Crippen molar-refractivity contribution in [2.75, 3.05) is 33.6 Å². The van der Waals surface area contributed by atoms with Gasteiger partial charge >= 0.3 is 0 Å². The SMILES string of the molecule is COc1ccc(OC)c(C=NNC(=O)CN(CCc2ccccc2)S(C)(=O)=O)c1. The van der Waals surface area contributed by atoms with E-state index in [-0.39, 0.29) is 13.1 Å². The van der Waals surface area contributed by atoms with Crippen LogP contribution in [0.3, 0.4) is 0 Å². The van der Waals surface area contributed by atoms with Gasteiger partial charge < -0.3 is 9.47 Å². The first kappa shape index (κ1) is 22.4. The first-order valence-electron chi connectivity index (χ1n) is 8.86. The Morgan fingerprint density at radius 3 is 2.48 bits per heavy atom. The van der Waals surface area contributed by atoms with Crippen molar-refractivity contribution in [2.45, 2.75) is 6.42 Å². The van der Waals surface area contributed by atoms with Crippen molar-refractivity contribution in [2.24, 2.45) is 5.10 Å². The van der Waals surface area contributed by atoms with Crippen molar-refractivity contribution in [1.29, 1.82) is 0 Å². The zero-order valence-electron chi connectivity index (χ0n) is 16.7. The maximum atomic E-state index is 12.2. The molecule has 0 radical (unpaired) electrons. The first-order chi connectivity index (χ1) is 13.8. The third kappa shape index (κ3) is 7.20. The quantitative estimate of drug-likeness (QED) is 0.467. The van der Waals surface area contributed by atoms with Crippen molar-refractivity contribution >= 4 is 22.1 Å². The second-order valence-electron chi connectivity index (χ2n) is 6.23. The largest absolute Gasteiger partial charge is 0.497 e. The summed E-state index contributed by atoms with van der Waals surface area (Å²) in [5, 5.41) is 3.90. The fourth-order valence-corrected chi connectivity index (χ4v) is 3.34. The summed E-state index contributed by atoms with van der Waals surface area (Å²) in [5.41, 5.74) is 3.95. The molecular weight excluding hydrogens is 394 g/mol. The Morgan fingerprint density at radius 1 is 1.14 bits per heavy atom. The smallest absolute Gasteiger partial charge is 0.255 e. The van der Waals surface area contributed by atoms with Crippen molar-refractivity contribution < 1.29 is 22.7 Å². The number of amides is 1. The normalized spacial score (nSPS) is 11.6. The molecule has 0 fully saturated rings. The number of carbonyl (C=O) groups excluding carboxylic acids is 1. The minimum Gasteiger partial charge on any atom is -0.497 e. The number of benzene rings is 2. The molecule has 156 valence electrons. The fourth-order valence-electron chi connectivity index (χ4n) is 2.57. The summed E-state index contributed by atoms with van der Waals surface area (Å²) in [6.07, 6.45) is 3.00. The number of nitrogens with one attached hydrogen (secondary N) is 1. The predicted molar refractivity (Wildman–Crippen MR) is 112 cm³/mol. The summed E-state index contributed by atoms with van der Waals surface area (Å²) in [7, 11) is -0.479. The molecule has 2 aromatic carbocycles. The van der Waals surface area contributed by atoms with Gasteiger partial charge in [-0.1, -0.05) is 30.3 Å². The Bertz CT molecular complexity index is 946. The van der Waals surface area contributed by atoms with E-state index in [1.54, 1.807) is 25.3 Å². The lowest BCUT2D eigenvalue weighted by atomic mass is 10.1. The van der Waals surface area contributed by atoms with Crippen LogP contribution in [0, 0.1) is 0 Å². The van der Waals surface area contributed by atoms with Gasteiger partial charge in [0.1, 0.15) is 11.5 Å². The van der Waals surface area contributed by atoms with E-state index in [9.17, 15) is 13.2 Å². The second-order valence-corrected chi connectivity index (χ2v) is 8.22. The summed E-state index contributed by atoms with van der Waals surface area (Å²) in [4.78, 5) is 12.2. The molecule has 0 unspecified atom stereocenters. The van der Waals surface area contributed by atoms with Gasteiger partial charge in [0.25, 0.3) is 5.91 Å². The molecular formula is C20H25N3O5S. The van der Waals surface area contributed by atoms with Crippen LogP contribution in [0.4, 0.5) is 0 Å². The number of nitrogens with zero attached hydrogens (tertiary/aromatic N) is 2.